The minimum absolute atomic E-state index is 0.189. The topological polar surface area (TPSA) is 48.0 Å². The summed E-state index contributed by atoms with van der Waals surface area (Å²) >= 11 is 0. The molecule has 0 N–H and O–H groups in total. The molecule has 0 bridgehead atoms. The molecule has 180 valence electrons. The lowest BCUT2D eigenvalue weighted by Gasteiger charge is -2.34. The predicted octanol–water partition coefficient (Wildman–Crippen LogP) is 6.07. The SMILES string of the molecule is C=CCCN(C(=O)OCc1ccccc1)[C@@H](C=C)[C@H]1COC(c2ccccc2)(c2ccccc2)O1. The third-order valence-electron chi connectivity index (χ3n) is 6.07. The number of benzene rings is 3. The molecule has 1 saturated heterocycles. The Morgan fingerprint density at radius 3 is 2.09 bits per heavy atom. The summed E-state index contributed by atoms with van der Waals surface area (Å²) in [6, 6.07) is 28.9. The fourth-order valence-electron chi connectivity index (χ4n) is 4.31. The summed E-state index contributed by atoms with van der Waals surface area (Å²) in [7, 11) is 0. The van der Waals surface area contributed by atoms with Crippen LogP contribution in [-0.2, 0) is 26.6 Å². The number of hydrogen-bond donors (Lipinski definition) is 0. The summed E-state index contributed by atoms with van der Waals surface area (Å²) in [5, 5.41) is 0. The summed E-state index contributed by atoms with van der Waals surface area (Å²) < 4.78 is 18.7. The van der Waals surface area contributed by atoms with Gasteiger partial charge in [-0.15, -0.1) is 13.2 Å². The lowest BCUT2D eigenvalue weighted by atomic mass is 9.97. The first-order valence-corrected chi connectivity index (χ1v) is 11.8. The molecule has 0 unspecified atom stereocenters. The molecule has 1 aliphatic rings. The molecular weight excluding hydrogens is 438 g/mol. The monoisotopic (exact) mass is 469 g/mol. The van der Waals surface area contributed by atoms with Crippen LogP contribution in [0.3, 0.4) is 0 Å². The molecule has 1 aliphatic heterocycles. The molecule has 0 aromatic heterocycles. The van der Waals surface area contributed by atoms with E-state index in [0.717, 1.165) is 16.7 Å². The van der Waals surface area contributed by atoms with Crippen LogP contribution in [0.2, 0.25) is 0 Å². The van der Waals surface area contributed by atoms with Crippen molar-refractivity contribution in [2.24, 2.45) is 0 Å². The highest BCUT2D eigenvalue weighted by Gasteiger charge is 2.48. The van der Waals surface area contributed by atoms with Crippen molar-refractivity contribution in [3.63, 3.8) is 0 Å². The molecule has 0 saturated carbocycles. The van der Waals surface area contributed by atoms with E-state index in [4.69, 9.17) is 14.2 Å². The molecule has 3 aromatic rings. The second kappa shape index (κ2) is 11.6. The third kappa shape index (κ3) is 5.53. The van der Waals surface area contributed by atoms with E-state index in [-0.39, 0.29) is 13.2 Å². The molecule has 5 heteroatoms. The first-order chi connectivity index (χ1) is 17.2. The van der Waals surface area contributed by atoms with E-state index in [1.165, 1.54) is 0 Å². The lowest BCUT2D eigenvalue weighted by molar-refractivity contribution is -0.147. The van der Waals surface area contributed by atoms with Crippen LogP contribution in [0, 0.1) is 0 Å². The summed E-state index contributed by atoms with van der Waals surface area (Å²) in [5.74, 6) is -1.08. The Hall–Kier alpha value is -3.67. The van der Waals surface area contributed by atoms with Gasteiger partial charge in [0.05, 0.1) is 12.6 Å². The summed E-state index contributed by atoms with van der Waals surface area (Å²) in [6.45, 7) is 8.73. The van der Waals surface area contributed by atoms with E-state index in [0.29, 0.717) is 13.0 Å². The van der Waals surface area contributed by atoms with Crippen LogP contribution in [0.15, 0.2) is 116 Å². The molecule has 0 radical (unpaired) electrons. The first kappa shape index (κ1) is 24.5. The van der Waals surface area contributed by atoms with Crippen LogP contribution in [0.4, 0.5) is 4.79 Å². The van der Waals surface area contributed by atoms with Crippen LogP contribution >= 0.6 is 0 Å². The van der Waals surface area contributed by atoms with Crippen LogP contribution in [0.5, 0.6) is 0 Å². The van der Waals surface area contributed by atoms with Crippen LogP contribution in [0.1, 0.15) is 23.1 Å². The van der Waals surface area contributed by atoms with E-state index in [1.807, 2.05) is 91.0 Å². The molecule has 2 atom stereocenters. The van der Waals surface area contributed by atoms with Gasteiger partial charge in [-0.3, -0.25) is 4.90 Å². The highest BCUT2D eigenvalue weighted by atomic mass is 16.7. The van der Waals surface area contributed by atoms with Crippen molar-refractivity contribution < 1.29 is 19.0 Å². The molecule has 35 heavy (non-hydrogen) atoms. The Morgan fingerprint density at radius 1 is 0.971 bits per heavy atom. The van der Waals surface area contributed by atoms with E-state index in [9.17, 15) is 4.79 Å². The highest BCUT2D eigenvalue weighted by Crippen LogP contribution is 2.41. The number of carbonyl (C=O) groups excluding carboxylic acids is 1. The quantitative estimate of drug-likeness (QED) is 0.338. The van der Waals surface area contributed by atoms with Gasteiger partial charge in [0, 0.05) is 17.7 Å². The van der Waals surface area contributed by atoms with Crippen molar-refractivity contribution in [1.82, 2.24) is 4.90 Å². The van der Waals surface area contributed by atoms with Gasteiger partial charge >= 0.3 is 6.09 Å². The van der Waals surface area contributed by atoms with Gasteiger partial charge in [0.1, 0.15) is 12.7 Å². The predicted molar refractivity (Wildman–Crippen MR) is 137 cm³/mol. The Bertz CT molecular complexity index is 1060. The number of carbonyl (C=O) groups is 1. The smallest absolute Gasteiger partial charge is 0.410 e. The largest absolute Gasteiger partial charge is 0.445 e. The third-order valence-corrected chi connectivity index (χ3v) is 6.07. The molecule has 5 nitrogen and oxygen atoms in total. The normalized spacial score (nSPS) is 17.3. The Labute approximate surface area is 207 Å². The maximum absolute atomic E-state index is 13.2. The van der Waals surface area contributed by atoms with Crippen LogP contribution in [0.25, 0.3) is 0 Å². The van der Waals surface area contributed by atoms with E-state index in [2.05, 4.69) is 13.2 Å². The van der Waals surface area contributed by atoms with Gasteiger partial charge in [0.15, 0.2) is 0 Å². The van der Waals surface area contributed by atoms with Gasteiger partial charge < -0.3 is 14.2 Å². The Morgan fingerprint density at radius 2 is 1.54 bits per heavy atom. The maximum Gasteiger partial charge on any atom is 0.410 e. The first-order valence-electron chi connectivity index (χ1n) is 11.8. The summed E-state index contributed by atoms with van der Waals surface area (Å²) in [5.41, 5.74) is 2.70. The lowest BCUT2D eigenvalue weighted by Crippen LogP contribution is -2.48. The summed E-state index contributed by atoms with van der Waals surface area (Å²) in [6.07, 6.45) is 3.25. The number of nitrogens with zero attached hydrogens (tertiary/aromatic N) is 1. The zero-order chi connectivity index (χ0) is 24.5. The molecule has 0 spiro atoms. The zero-order valence-corrected chi connectivity index (χ0v) is 19.8. The standard InChI is InChI=1S/C30H31NO4/c1-3-5-21-31(29(32)33-22-24-15-9-6-10-16-24)27(4-2)28-23-34-30(35-28,25-17-11-7-12-18-25)26-19-13-8-14-20-26/h3-4,6-20,27-28H,1-2,5,21-23H2/t27-,28+/m0/s1. The fraction of sp³-hybridized carbons (Fsp3) is 0.233. The van der Waals surface area contributed by atoms with Gasteiger partial charge in [-0.1, -0.05) is 103 Å². The van der Waals surface area contributed by atoms with Gasteiger partial charge in [-0.05, 0) is 12.0 Å². The number of hydrogen-bond acceptors (Lipinski definition) is 4. The van der Waals surface area contributed by atoms with E-state index in [1.54, 1.807) is 17.1 Å². The second-order valence-electron chi connectivity index (χ2n) is 8.35. The van der Waals surface area contributed by atoms with Gasteiger partial charge in [0.25, 0.3) is 0 Å². The molecule has 1 heterocycles. The molecule has 0 aliphatic carbocycles. The molecule has 1 amide bonds. The van der Waals surface area contributed by atoms with Crippen molar-refractivity contribution in [3.8, 4) is 0 Å². The van der Waals surface area contributed by atoms with Gasteiger partial charge in [0.2, 0.25) is 5.79 Å². The molecule has 1 fully saturated rings. The van der Waals surface area contributed by atoms with E-state index < -0.39 is 24.0 Å². The van der Waals surface area contributed by atoms with Crippen LogP contribution in [-0.4, -0.2) is 36.3 Å². The molecule has 4 rings (SSSR count). The fourth-order valence-corrected chi connectivity index (χ4v) is 4.31. The minimum Gasteiger partial charge on any atom is -0.445 e. The van der Waals surface area contributed by atoms with E-state index >= 15 is 0 Å². The summed E-state index contributed by atoms with van der Waals surface area (Å²) in [4.78, 5) is 14.9. The van der Waals surface area contributed by atoms with Gasteiger partial charge in [-0.25, -0.2) is 4.79 Å². The average molecular weight is 470 g/mol. The number of rotatable bonds is 10. The Kier molecular flexibility index (Phi) is 8.14. The zero-order valence-electron chi connectivity index (χ0n) is 19.8. The van der Waals surface area contributed by atoms with Crippen molar-refractivity contribution in [1.29, 1.82) is 0 Å². The minimum atomic E-state index is -1.08. The van der Waals surface area contributed by atoms with Crippen molar-refractivity contribution in [2.75, 3.05) is 13.2 Å². The van der Waals surface area contributed by atoms with Crippen molar-refractivity contribution in [3.05, 3.63) is 133 Å². The van der Waals surface area contributed by atoms with Crippen molar-refractivity contribution in [2.45, 2.75) is 31.0 Å². The number of ether oxygens (including phenoxy) is 3. The second-order valence-corrected chi connectivity index (χ2v) is 8.35. The molecule has 3 aromatic carbocycles. The Balaban J connectivity index is 1.58. The average Bonchev–Trinajstić information content (AvgIpc) is 3.37. The molecular formula is C30H31NO4. The van der Waals surface area contributed by atoms with Crippen LogP contribution < -0.4 is 0 Å². The highest BCUT2D eigenvalue weighted by molar-refractivity contribution is 5.68. The number of amides is 1. The maximum atomic E-state index is 13.2. The van der Waals surface area contributed by atoms with Gasteiger partial charge in [-0.2, -0.15) is 0 Å². The van der Waals surface area contributed by atoms with Crippen molar-refractivity contribution >= 4 is 6.09 Å².